The maximum Gasteiger partial charge on any atom is 0.325 e. The summed E-state index contributed by atoms with van der Waals surface area (Å²) in [7, 11) is 0. The first-order chi connectivity index (χ1) is 8.86. The van der Waals surface area contributed by atoms with Crippen molar-refractivity contribution in [2.75, 3.05) is 26.2 Å². The average Bonchev–Trinajstić information content (AvgIpc) is 2.78. The molecule has 1 aliphatic heterocycles. The Bertz CT molecular complexity index is 290. The summed E-state index contributed by atoms with van der Waals surface area (Å²) in [6, 6.07) is 0. The van der Waals surface area contributed by atoms with Crippen LogP contribution in [0.15, 0.2) is 0 Å². The molecule has 0 aliphatic carbocycles. The Morgan fingerprint density at radius 3 is 2.74 bits per heavy atom. The van der Waals surface area contributed by atoms with E-state index in [2.05, 4.69) is 18.7 Å². The van der Waals surface area contributed by atoms with Gasteiger partial charge in [0.1, 0.15) is 5.54 Å². The van der Waals surface area contributed by atoms with Crippen molar-refractivity contribution in [3.63, 3.8) is 0 Å². The van der Waals surface area contributed by atoms with Crippen LogP contribution >= 0.6 is 0 Å². The number of rotatable bonds is 7. The lowest BCUT2D eigenvalue weighted by atomic mass is 9.95. The SMILES string of the molecule is CCOC(=O)C(C)(N)CCCN1CCC(C(C)C)C1. The molecular weight excluding hydrogens is 240 g/mol. The number of likely N-dealkylation sites (tertiary alicyclic amines) is 1. The number of carbonyl (C=O) groups excluding carboxylic acids is 1. The van der Waals surface area contributed by atoms with Gasteiger partial charge in [0.25, 0.3) is 0 Å². The summed E-state index contributed by atoms with van der Waals surface area (Å²) in [4.78, 5) is 14.2. The smallest absolute Gasteiger partial charge is 0.325 e. The second-order valence-corrected chi connectivity index (χ2v) is 6.33. The topological polar surface area (TPSA) is 55.6 Å². The zero-order valence-corrected chi connectivity index (χ0v) is 12.9. The lowest BCUT2D eigenvalue weighted by Crippen LogP contribution is -2.46. The van der Waals surface area contributed by atoms with Crippen molar-refractivity contribution in [1.82, 2.24) is 4.90 Å². The molecule has 4 heteroatoms. The van der Waals surface area contributed by atoms with Gasteiger partial charge in [-0.3, -0.25) is 4.79 Å². The average molecular weight is 270 g/mol. The molecule has 2 N–H and O–H groups in total. The minimum Gasteiger partial charge on any atom is -0.465 e. The van der Waals surface area contributed by atoms with Crippen LogP contribution in [0.3, 0.4) is 0 Å². The Morgan fingerprint density at radius 1 is 1.53 bits per heavy atom. The number of ether oxygens (including phenoxy) is 1. The monoisotopic (exact) mass is 270 g/mol. The summed E-state index contributed by atoms with van der Waals surface area (Å²) in [5.74, 6) is 1.31. The molecule has 0 bridgehead atoms. The quantitative estimate of drug-likeness (QED) is 0.719. The maximum absolute atomic E-state index is 11.7. The van der Waals surface area contributed by atoms with Gasteiger partial charge >= 0.3 is 5.97 Å². The normalized spacial score (nSPS) is 23.6. The van der Waals surface area contributed by atoms with E-state index in [1.54, 1.807) is 6.92 Å². The van der Waals surface area contributed by atoms with E-state index < -0.39 is 5.54 Å². The Morgan fingerprint density at radius 2 is 2.21 bits per heavy atom. The van der Waals surface area contributed by atoms with Crippen molar-refractivity contribution in [3.8, 4) is 0 Å². The molecule has 0 amide bonds. The fraction of sp³-hybridized carbons (Fsp3) is 0.933. The summed E-state index contributed by atoms with van der Waals surface area (Å²) in [6.07, 6.45) is 2.95. The fourth-order valence-corrected chi connectivity index (χ4v) is 2.68. The number of hydrogen-bond donors (Lipinski definition) is 1. The number of nitrogens with zero attached hydrogens (tertiary/aromatic N) is 1. The van der Waals surface area contributed by atoms with Crippen LogP contribution in [-0.4, -0.2) is 42.6 Å². The minimum atomic E-state index is -0.840. The van der Waals surface area contributed by atoms with Crippen LogP contribution in [0, 0.1) is 11.8 Å². The lowest BCUT2D eigenvalue weighted by Gasteiger charge is -2.24. The number of hydrogen-bond acceptors (Lipinski definition) is 4. The van der Waals surface area contributed by atoms with E-state index in [0.29, 0.717) is 13.0 Å². The minimum absolute atomic E-state index is 0.281. The van der Waals surface area contributed by atoms with Gasteiger partial charge in [0.2, 0.25) is 0 Å². The number of carbonyl (C=O) groups is 1. The van der Waals surface area contributed by atoms with Crippen molar-refractivity contribution in [2.24, 2.45) is 17.6 Å². The molecule has 0 aromatic heterocycles. The molecule has 1 rings (SSSR count). The van der Waals surface area contributed by atoms with Crippen molar-refractivity contribution in [2.45, 2.75) is 52.5 Å². The van der Waals surface area contributed by atoms with Crippen LogP contribution < -0.4 is 5.73 Å². The van der Waals surface area contributed by atoms with Crippen LogP contribution in [0.5, 0.6) is 0 Å². The van der Waals surface area contributed by atoms with E-state index >= 15 is 0 Å². The molecule has 2 unspecified atom stereocenters. The van der Waals surface area contributed by atoms with Gasteiger partial charge in [0.15, 0.2) is 0 Å². The lowest BCUT2D eigenvalue weighted by molar-refractivity contribution is -0.149. The first kappa shape index (κ1) is 16.4. The third-order valence-corrected chi connectivity index (χ3v) is 4.16. The Balaban J connectivity index is 2.25. The van der Waals surface area contributed by atoms with Crippen molar-refractivity contribution in [3.05, 3.63) is 0 Å². The highest BCUT2D eigenvalue weighted by atomic mass is 16.5. The van der Waals surface area contributed by atoms with Gasteiger partial charge < -0.3 is 15.4 Å². The van der Waals surface area contributed by atoms with Crippen LogP contribution in [-0.2, 0) is 9.53 Å². The van der Waals surface area contributed by atoms with Crippen molar-refractivity contribution in [1.29, 1.82) is 0 Å². The zero-order valence-electron chi connectivity index (χ0n) is 12.9. The summed E-state index contributed by atoms with van der Waals surface area (Å²) in [5.41, 5.74) is 5.17. The molecule has 2 atom stereocenters. The second kappa shape index (κ2) is 7.25. The van der Waals surface area contributed by atoms with E-state index in [9.17, 15) is 4.79 Å². The van der Waals surface area contributed by atoms with Gasteiger partial charge in [-0.15, -0.1) is 0 Å². The van der Waals surface area contributed by atoms with E-state index in [1.807, 2.05) is 6.92 Å². The molecule has 0 aromatic carbocycles. The summed E-state index contributed by atoms with van der Waals surface area (Å²) in [6.45, 7) is 12.0. The van der Waals surface area contributed by atoms with Gasteiger partial charge in [-0.05, 0) is 58.0 Å². The summed E-state index contributed by atoms with van der Waals surface area (Å²) >= 11 is 0. The van der Waals surface area contributed by atoms with Gasteiger partial charge in [0, 0.05) is 6.54 Å². The molecular formula is C15H30N2O2. The summed E-state index contributed by atoms with van der Waals surface area (Å²) < 4.78 is 5.00. The Kier molecular flexibility index (Phi) is 6.27. The number of nitrogens with two attached hydrogens (primary N) is 1. The molecule has 0 radical (unpaired) electrons. The Labute approximate surface area is 117 Å². The molecule has 4 nitrogen and oxygen atoms in total. The third-order valence-electron chi connectivity index (χ3n) is 4.16. The maximum atomic E-state index is 11.7. The van der Waals surface area contributed by atoms with E-state index in [-0.39, 0.29) is 5.97 Å². The van der Waals surface area contributed by atoms with Crippen molar-refractivity contribution < 1.29 is 9.53 Å². The van der Waals surface area contributed by atoms with Crippen LogP contribution in [0.1, 0.15) is 47.0 Å². The first-order valence-electron chi connectivity index (χ1n) is 7.55. The molecule has 0 aromatic rings. The van der Waals surface area contributed by atoms with Gasteiger partial charge in [-0.1, -0.05) is 13.8 Å². The largest absolute Gasteiger partial charge is 0.465 e. The summed E-state index contributed by atoms with van der Waals surface area (Å²) in [5, 5.41) is 0. The molecule has 1 fully saturated rings. The second-order valence-electron chi connectivity index (χ2n) is 6.33. The predicted octanol–water partition coefficient (Wildman–Crippen LogP) is 2.02. The molecule has 112 valence electrons. The highest BCUT2D eigenvalue weighted by Crippen LogP contribution is 2.24. The molecule has 1 saturated heterocycles. The van der Waals surface area contributed by atoms with Crippen LogP contribution in [0.25, 0.3) is 0 Å². The van der Waals surface area contributed by atoms with E-state index in [1.165, 1.54) is 19.5 Å². The van der Waals surface area contributed by atoms with E-state index in [0.717, 1.165) is 24.8 Å². The third kappa shape index (κ3) is 5.11. The van der Waals surface area contributed by atoms with Gasteiger partial charge in [-0.25, -0.2) is 0 Å². The highest BCUT2D eigenvalue weighted by molar-refractivity contribution is 5.79. The van der Waals surface area contributed by atoms with Crippen LogP contribution in [0.2, 0.25) is 0 Å². The zero-order chi connectivity index (χ0) is 14.5. The van der Waals surface area contributed by atoms with Gasteiger partial charge in [0.05, 0.1) is 6.61 Å². The molecule has 19 heavy (non-hydrogen) atoms. The molecule has 0 saturated carbocycles. The van der Waals surface area contributed by atoms with E-state index in [4.69, 9.17) is 10.5 Å². The molecule has 1 aliphatic rings. The fourth-order valence-electron chi connectivity index (χ4n) is 2.68. The van der Waals surface area contributed by atoms with Crippen molar-refractivity contribution >= 4 is 5.97 Å². The molecule has 0 spiro atoms. The first-order valence-corrected chi connectivity index (χ1v) is 7.55. The highest BCUT2D eigenvalue weighted by Gasteiger charge is 2.30. The predicted molar refractivity (Wildman–Crippen MR) is 77.8 cm³/mol. The Hall–Kier alpha value is -0.610. The number of esters is 1. The van der Waals surface area contributed by atoms with Gasteiger partial charge in [-0.2, -0.15) is 0 Å². The van der Waals surface area contributed by atoms with Crippen LogP contribution in [0.4, 0.5) is 0 Å². The standard InChI is InChI=1S/C15H30N2O2/c1-5-19-14(18)15(4,16)8-6-9-17-10-7-13(11-17)12(2)3/h12-13H,5-11,16H2,1-4H3. The molecule has 1 heterocycles.